The van der Waals surface area contributed by atoms with E-state index >= 15 is 4.39 Å². The molecule has 2 aromatic rings. The standard InChI is InChI=1S/C28H34F2O2/c1-3-5-14-32-24-11-13-26(28(30)18-24)25-12-9-22(17-27(25)29)19-6-7-21-16-23(31-4-2)10-8-20(21)15-19/h3,5,9,11-13,17-21,23H,4,6-8,10,14-16H2,1-2H3/b5-3+. The maximum atomic E-state index is 15.1. The Balaban J connectivity index is 1.44. The van der Waals surface area contributed by atoms with Crippen molar-refractivity contribution >= 4 is 0 Å². The monoisotopic (exact) mass is 440 g/mol. The van der Waals surface area contributed by atoms with Crippen LogP contribution in [0.15, 0.2) is 48.6 Å². The molecule has 2 saturated carbocycles. The number of halogens is 2. The maximum Gasteiger partial charge on any atom is 0.134 e. The normalized spacial score (nSPS) is 25.6. The van der Waals surface area contributed by atoms with Gasteiger partial charge in [-0.05, 0) is 93.9 Å². The van der Waals surface area contributed by atoms with E-state index in [9.17, 15) is 4.39 Å². The third kappa shape index (κ3) is 5.23. The zero-order valence-electron chi connectivity index (χ0n) is 19.2. The minimum absolute atomic E-state index is 0.269. The smallest absolute Gasteiger partial charge is 0.134 e. The number of benzene rings is 2. The Morgan fingerprint density at radius 1 is 0.906 bits per heavy atom. The summed E-state index contributed by atoms with van der Waals surface area (Å²) in [5.41, 5.74) is 1.62. The lowest BCUT2D eigenvalue weighted by Gasteiger charge is -2.42. The summed E-state index contributed by atoms with van der Waals surface area (Å²) < 4.78 is 41.1. The summed E-state index contributed by atoms with van der Waals surface area (Å²) in [5.74, 6) is 1.45. The molecule has 2 nitrogen and oxygen atoms in total. The van der Waals surface area contributed by atoms with Crippen molar-refractivity contribution in [2.24, 2.45) is 11.8 Å². The number of ether oxygens (including phenoxy) is 2. The summed E-state index contributed by atoms with van der Waals surface area (Å²) in [6.45, 7) is 5.15. The fourth-order valence-corrected chi connectivity index (χ4v) is 5.58. The third-order valence-corrected chi connectivity index (χ3v) is 7.24. The molecule has 0 saturated heterocycles. The molecule has 4 unspecified atom stereocenters. The van der Waals surface area contributed by atoms with Gasteiger partial charge in [0, 0.05) is 23.8 Å². The Morgan fingerprint density at radius 3 is 2.34 bits per heavy atom. The van der Waals surface area contributed by atoms with Crippen molar-refractivity contribution in [3.63, 3.8) is 0 Å². The van der Waals surface area contributed by atoms with Crippen molar-refractivity contribution in [2.75, 3.05) is 13.2 Å². The molecule has 2 aliphatic rings. The van der Waals surface area contributed by atoms with Crippen LogP contribution in [0.25, 0.3) is 11.1 Å². The average molecular weight is 441 g/mol. The highest BCUT2D eigenvalue weighted by molar-refractivity contribution is 5.66. The van der Waals surface area contributed by atoms with Gasteiger partial charge in [0.25, 0.3) is 0 Å². The molecule has 0 radical (unpaired) electrons. The molecule has 2 aliphatic carbocycles. The van der Waals surface area contributed by atoms with E-state index in [1.165, 1.54) is 25.3 Å². The molecule has 4 rings (SSSR count). The average Bonchev–Trinajstić information content (AvgIpc) is 2.80. The zero-order valence-corrected chi connectivity index (χ0v) is 19.2. The summed E-state index contributed by atoms with van der Waals surface area (Å²) in [5, 5.41) is 0. The van der Waals surface area contributed by atoms with Crippen LogP contribution < -0.4 is 4.74 Å². The van der Waals surface area contributed by atoms with E-state index in [0.29, 0.717) is 35.9 Å². The lowest BCUT2D eigenvalue weighted by Crippen LogP contribution is -2.33. The van der Waals surface area contributed by atoms with E-state index in [1.54, 1.807) is 24.3 Å². The minimum Gasteiger partial charge on any atom is -0.489 e. The van der Waals surface area contributed by atoms with Gasteiger partial charge in [-0.25, -0.2) is 8.78 Å². The lowest BCUT2D eigenvalue weighted by atomic mass is 9.65. The Labute approximate surface area is 190 Å². The van der Waals surface area contributed by atoms with Crippen molar-refractivity contribution in [3.8, 4) is 16.9 Å². The van der Waals surface area contributed by atoms with Crippen LogP contribution in [-0.2, 0) is 4.74 Å². The molecule has 4 heteroatoms. The van der Waals surface area contributed by atoms with Gasteiger partial charge in [0.05, 0.1) is 6.10 Å². The van der Waals surface area contributed by atoms with Crippen LogP contribution in [0.3, 0.4) is 0 Å². The highest BCUT2D eigenvalue weighted by atomic mass is 19.1. The van der Waals surface area contributed by atoms with Gasteiger partial charge in [-0.3, -0.25) is 0 Å². The Kier molecular flexibility index (Phi) is 7.62. The quantitative estimate of drug-likeness (QED) is 0.411. The highest BCUT2D eigenvalue weighted by Crippen LogP contribution is 2.47. The van der Waals surface area contributed by atoms with E-state index in [4.69, 9.17) is 9.47 Å². The largest absolute Gasteiger partial charge is 0.489 e. The molecular formula is C28H34F2O2. The van der Waals surface area contributed by atoms with Crippen LogP contribution in [0.1, 0.15) is 63.9 Å². The summed E-state index contributed by atoms with van der Waals surface area (Å²) >= 11 is 0. The van der Waals surface area contributed by atoms with E-state index in [0.717, 1.165) is 37.4 Å². The van der Waals surface area contributed by atoms with Crippen molar-refractivity contribution in [2.45, 2.75) is 64.4 Å². The summed E-state index contributed by atoms with van der Waals surface area (Å²) in [6, 6.07) is 9.97. The molecule has 0 heterocycles. The first-order valence-electron chi connectivity index (χ1n) is 12.0. The fourth-order valence-electron chi connectivity index (χ4n) is 5.58. The first-order valence-corrected chi connectivity index (χ1v) is 12.0. The van der Waals surface area contributed by atoms with E-state index < -0.39 is 5.82 Å². The predicted octanol–water partition coefficient (Wildman–Crippen LogP) is 7.68. The fraction of sp³-hybridized carbons (Fsp3) is 0.500. The van der Waals surface area contributed by atoms with Crippen LogP contribution in [0, 0.1) is 23.5 Å². The van der Waals surface area contributed by atoms with Crippen LogP contribution >= 0.6 is 0 Å². The molecule has 0 aliphatic heterocycles. The van der Waals surface area contributed by atoms with Crippen LogP contribution in [0.4, 0.5) is 8.78 Å². The molecule has 0 bridgehead atoms. The summed E-state index contributed by atoms with van der Waals surface area (Å²) in [4.78, 5) is 0. The van der Waals surface area contributed by atoms with Gasteiger partial charge in [-0.2, -0.15) is 0 Å². The summed E-state index contributed by atoms with van der Waals surface area (Å²) in [7, 11) is 0. The number of hydrogen-bond donors (Lipinski definition) is 0. The third-order valence-electron chi connectivity index (χ3n) is 7.24. The molecule has 0 aromatic heterocycles. The Morgan fingerprint density at radius 2 is 1.62 bits per heavy atom. The first-order chi connectivity index (χ1) is 15.6. The predicted molar refractivity (Wildman–Crippen MR) is 125 cm³/mol. The zero-order chi connectivity index (χ0) is 22.5. The van der Waals surface area contributed by atoms with E-state index in [1.807, 2.05) is 25.1 Å². The second kappa shape index (κ2) is 10.6. The van der Waals surface area contributed by atoms with Crippen LogP contribution in [0.5, 0.6) is 5.75 Å². The number of fused-ring (bicyclic) bond motifs is 1. The molecule has 32 heavy (non-hydrogen) atoms. The van der Waals surface area contributed by atoms with Gasteiger partial charge >= 0.3 is 0 Å². The second-order valence-electron chi connectivity index (χ2n) is 9.18. The molecule has 0 N–H and O–H groups in total. The Bertz CT molecular complexity index is 939. The lowest BCUT2D eigenvalue weighted by molar-refractivity contribution is -0.00956. The molecule has 2 fully saturated rings. The van der Waals surface area contributed by atoms with Gasteiger partial charge in [0.2, 0.25) is 0 Å². The highest BCUT2D eigenvalue weighted by Gasteiger charge is 2.36. The number of rotatable bonds is 7. The van der Waals surface area contributed by atoms with Crippen molar-refractivity contribution < 1.29 is 18.3 Å². The van der Waals surface area contributed by atoms with Crippen LogP contribution in [0.2, 0.25) is 0 Å². The van der Waals surface area contributed by atoms with Crippen molar-refractivity contribution in [3.05, 3.63) is 65.7 Å². The van der Waals surface area contributed by atoms with Crippen molar-refractivity contribution in [1.29, 1.82) is 0 Å². The van der Waals surface area contributed by atoms with Gasteiger partial charge in [-0.1, -0.05) is 24.3 Å². The number of allylic oxidation sites excluding steroid dienone is 1. The molecule has 2 aromatic carbocycles. The molecule has 0 amide bonds. The molecule has 172 valence electrons. The molecular weight excluding hydrogens is 406 g/mol. The summed E-state index contributed by atoms with van der Waals surface area (Å²) in [6.07, 6.45) is 11.1. The van der Waals surface area contributed by atoms with Crippen molar-refractivity contribution in [1.82, 2.24) is 0 Å². The maximum absolute atomic E-state index is 15.1. The van der Waals surface area contributed by atoms with Crippen LogP contribution in [-0.4, -0.2) is 19.3 Å². The second-order valence-corrected chi connectivity index (χ2v) is 9.18. The number of hydrogen-bond acceptors (Lipinski definition) is 2. The van der Waals surface area contributed by atoms with E-state index in [-0.39, 0.29) is 11.4 Å². The van der Waals surface area contributed by atoms with Gasteiger partial charge in [0.1, 0.15) is 24.0 Å². The first kappa shape index (κ1) is 23.0. The van der Waals surface area contributed by atoms with E-state index in [2.05, 4.69) is 6.92 Å². The topological polar surface area (TPSA) is 18.5 Å². The SMILES string of the molecule is C/C=C/COc1ccc(-c2ccc(C3CCC4CC(OCC)CCC4C3)cc2F)c(F)c1. The van der Waals surface area contributed by atoms with Gasteiger partial charge in [0.15, 0.2) is 0 Å². The minimum atomic E-state index is -0.471. The van der Waals surface area contributed by atoms with Gasteiger partial charge in [-0.15, -0.1) is 0 Å². The Hall–Kier alpha value is -2.20. The molecule has 0 spiro atoms. The van der Waals surface area contributed by atoms with Gasteiger partial charge < -0.3 is 9.47 Å². The molecule has 4 atom stereocenters.